The highest BCUT2D eigenvalue weighted by Crippen LogP contribution is 2.27. The van der Waals surface area contributed by atoms with Gasteiger partial charge in [0.2, 0.25) is 0 Å². The summed E-state index contributed by atoms with van der Waals surface area (Å²) in [5, 5.41) is 7.37. The first-order chi connectivity index (χ1) is 9.63. The number of sulfone groups is 1. The second-order valence-corrected chi connectivity index (χ2v) is 7.92. The molecule has 0 bridgehead atoms. The number of benzene rings is 1. The van der Waals surface area contributed by atoms with Crippen LogP contribution in [0.1, 0.15) is 26.5 Å². The molecule has 0 aliphatic rings. The van der Waals surface area contributed by atoms with Crippen molar-refractivity contribution in [3.63, 3.8) is 0 Å². The molecule has 6 nitrogen and oxygen atoms in total. The number of hydrogen-bond donors (Lipinski definition) is 0. The second kappa shape index (κ2) is 5.07. The van der Waals surface area contributed by atoms with Crippen LogP contribution in [-0.4, -0.2) is 24.5 Å². The van der Waals surface area contributed by atoms with Gasteiger partial charge in [-0.2, -0.15) is 5.10 Å². The average Bonchev–Trinajstić information content (AvgIpc) is 2.81. The molecular weight excluding hydrogens is 290 g/mol. The van der Waals surface area contributed by atoms with Gasteiger partial charge in [0, 0.05) is 17.7 Å². The van der Waals surface area contributed by atoms with Crippen LogP contribution >= 0.6 is 0 Å². The van der Waals surface area contributed by atoms with Crippen LogP contribution in [0.25, 0.3) is 5.69 Å². The van der Waals surface area contributed by atoms with Crippen molar-refractivity contribution in [2.24, 2.45) is 5.18 Å². The number of aromatic nitrogens is 2. The van der Waals surface area contributed by atoms with Gasteiger partial charge in [-0.15, -0.1) is 4.91 Å². The zero-order valence-corrected chi connectivity index (χ0v) is 13.2. The molecule has 1 aromatic carbocycles. The van der Waals surface area contributed by atoms with Crippen molar-refractivity contribution in [2.45, 2.75) is 31.1 Å². The van der Waals surface area contributed by atoms with E-state index in [0.29, 0.717) is 5.69 Å². The summed E-state index contributed by atoms with van der Waals surface area (Å²) < 4.78 is 24.3. The monoisotopic (exact) mass is 307 g/mol. The van der Waals surface area contributed by atoms with Gasteiger partial charge in [-0.25, -0.2) is 13.1 Å². The summed E-state index contributed by atoms with van der Waals surface area (Å²) in [6, 6.07) is 7.81. The van der Waals surface area contributed by atoms with Gasteiger partial charge in [0.1, 0.15) is 0 Å². The number of hydrogen-bond acceptors (Lipinski definition) is 5. The smallest absolute Gasteiger partial charge is 0.200 e. The van der Waals surface area contributed by atoms with E-state index in [-0.39, 0.29) is 16.1 Å². The molecule has 2 aromatic rings. The standard InChI is InChI=1S/C14H17N3O3S/c1-14(2,3)12-9-13(16-18)17(15-12)10-5-7-11(8-6-10)21(4,19)20/h5-9H,1-4H3. The summed E-state index contributed by atoms with van der Waals surface area (Å²) in [7, 11) is -3.25. The highest BCUT2D eigenvalue weighted by Gasteiger charge is 2.21. The number of nitroso groups, excluding NO2 is 1. The normalized spacial score (nSPS) is 12.4. The number of nitrogens with zero attached hydrogens (tertiary/aromatic N) is 3. The van der Waals surface area contributed by atoms with Gasteiger partial charge in [0.05, 0.1) is 16.3 Å². The van der Waals surface area contributed by atoms with Gasteiger partial charge in [-0.1, -0.05) is 20.8 Å². The third-order valence-corrected chi connectivity index (χ3v) is 4.19. The molecule has 7 heteroatoms. The Labute approximate surface area is 123 Å². The van der Waals surface area contributed by atoms with E-state index in [0.717, 1.165) is 11.9 Å². The first-order valence-corrected chi connectivity index (χ1v) is 8.26. The molecule has 0 fully saturated rings. The van der Waals surface area contributed by atoms with Gasteiger partial charge in [-0.3, -0.25) is 0 Å². The van der Waals surface area contributed by atoms with Crippen LogP contribution in [0.4, 0.5) is 5.82 Å². The van der Waals surface area contributed by atoms with Crippen molar-refractivity contribution in [2.75, 3.05) is 6.26 Å². The summed E-state index contributed by atoms with van der Waals surface area (Å²) >= 11 is 0. The van der Waals surface area contributed by atoms with Crippen LogP contribution in [0.3, 0.4) is 0 Å². The lowest BCUT2D eigenvalue weighted by molar-refractivity contribution is 0.560. The minimum Gasteiger partial charge on any atom is -0.224 e. The maximum atomic E-state index is 11.4. The molecule has 0 saturated carbocycles. The largest absolute Gasteiger partial charge is 0.224 e. The van der Waals surface area contributed by atoms with E-state index in [2.05, 4.69) is 10.3 Å². The second-order valence-electron chi connectivity index (χ2n) is 5.91. The molecule has 0 aliphatic carbocycles. The summed E-state index contributed by atoms with van der Waals surface area (Å²) in [5.74, 6) is 0.187. The fraction of sp³-hybridized carbons (Fsp3) is 0.357. The predicted molar refractivity (Wildman–Crippen MR) is 80.8 cm³/mol. The maximum Gasteiger partial charge on any atom is 0.200 e. The molecule has 2 rings (SSSR count). The first kappa shape index (κ1) is 15.4. The molecule has 0 saturated heterocycles. The molecule has 0 N–H and O–H groups in total. The Morgan fingerprint density at radius 1 is 1.14 bits per heavy atom. The van der Waals surface area contributed by atoms with Crippen LogP contribution in [-0.2, 0) is 15.3 Å². The SMILES string of the molecule is CC(C)(C)c1cc(N=O)n(-c2ccc(S(C)(=O)=O)cc2)n1. The van der Waals surface area contributed by atoms with Crippen LogP contribution < -0.4 is 0 Å². The highest BCUT2D eigenvalue weighted by atomic mass is 32.2. The van der Waals surface area contributed by atoms with Crippen molar-refractivity contribution in [1.29, 1.82) is 0 Å². The van der Waals surface area contributed by atoms with Crippen LogP contribution in [0.2, 0.25) is 0 Å². The molecule has 21 heavy (non-hydrogen) atoms. The van der Waals surface area contributed by atoms with Gasteiger partial charge >= 0.3 is 0 Å². The van der Waals surface area contributed by atoms with Gasteiger partial charge in [-0.05, 0) is 29.4 Å². The molecular formula is C14H17N3O3S. The van der Waals surface area contributed by atoms with Crippen molar-refractivity contribution < 1.29 is 8.42 Å². The summed E-state index contributed by atoms with van der Waals surface area (Å²) in [6.45, 7) is 5.96. The minimum absolute atomic E-state index is 0.187. The lowest BCUT2D eigenvalue weighted by Gasteiger charge is -2.14. The first-order valence-electron chi connectivity index (χ1n) is 6.37. The van der Waals surface area contributed by atoms with Gasteiger partial charge in [0.15, 0.2) is 15.7 Å². The Bertz CT molecular complexity index is 769. The van der Waals surface area contributed by atoms with Gasteiger partial charge in [0.25, 0.3) is 0 Å². The van der Waals surface area contributed by atoms with E-state index in [4.69, 9.17) is 0 Å². The van der Waals surface area contributed by atoms with Crippen molar-refractivity contribution in [1.82, 2.24) is 9.78 Å². The van der Waals surface area contributed by atoms with E-state index in [1.165, 1.54) is 16.8 Å². The molecule has 0 amide bonds. The van der Waals surface area contributed by atoms with Crippen LogP contribution in [0.5, 0.6) is 0 Å². The van der Waals surface area contributed by atoms with Crippen LogP contribution in [0, 0.1) is 4.91 Å². The summed E-state index contributed by atoms with van der Waals surface area (Å²) in [6.07, 6.45) is 1.14. The van der Waals surface area contributed by atoms with E-state index < -0.39 is 9.84 Å². The predicted octanol–water partition coefficient (Wildman–Crippen LogP) is 2.97. The molecule has 0 unspecified atom stereocenters. The summed E-state index contributed by atoms with van der Waals surface area (Å²) in [4.78, 5) is 11.2. The molecule has 0 radical (unpaired) electrons. The molecule has 112 valence electrons. The Kier molecular flexibility index (Phi) is 3.71. The summed E-state index contributed by atoms with van der Waals surface area (Å²) in [5.41, 5.74) is 1.12. The van der Waals surface area contributed by atoms with Crippen molar-refractivity contribution in [3.05, 3.63) is 40.9 Å². The van der Waals surface area contributed by atoms with Crippen LogP contribution in [0.15, 0.2) is 40.4 Å². The third kappa shape index (κ3) is 3.18. The Morgan fingerprint density at radius 3 is 2.14 bits per heavy atom. The fourth-order valence-electron chi connectivity index (χ4n) is 1.83. The van der Waals surface area contributed by atoms with Crippen molar-refractivity contribution in [3.8, 4) is 5.69 Å². The minimum atomic E-state index is -3.25. The quantitative estimate of drug-likeness (QED) is 0.816. The molecule has 1 aromatic heterocycles. The Balaban J connectivity index is 2.52. The zero-order chi connectivity index (χ0) is 15.8. The third-order valence-electron chi connectivity index (χ3n) is 3.06. The van der Waals surface area contributed by atoms with E-state index >= 15 is 0 Å². The highest BCUT2D eigenvalue weighted by molar-refractivity contribution is 7.90. The average molecular weight is 307 g/mol. The maximum absolute atomic E-state index is 11.4. The lowest BCUT2D eigenvalue weighted by Crippen LogP contribution is -2.12. The molecule has 1 heterocycles. The van der Waals surface area contributed by atoms with E-state index in [1.54, 1.807) is 18.2 Å². The molecule has 0 atom stereocenters. The van der Waals surface area contributed by atoms with Crippen molar-refractivity contribution >= 4 is 15.7 Å². The zero-order valence-electron chi connectivity index (χ0n) is 12.4. The topological polar surface area (TPSA) is 81.4 Å². The molecule has 0 aliphatic heterocycles. The Hall–Kier alpha value is -2.02. The van der Waals surface area contributed by atoms with E-state index in [9.17, 15) is 13.3 Å². The lowest BCUT2D eigenvalue weighted by atomic mass is 9.92. The van der Waals surface area contributed by atoms with Gasteiger partial charge < -0.3 is 0 Å². The fourth-order valence-corrected chi connectivity index (χ4v) is 2.46. The Morgan fingerprint density at radius 2 is 1.71 bits per heavy atom. The molecule has 0 spiro atoms. The van der Waals surface area contributed by atoms with E-state index in [1.807, 2.05) is 20.8 Å². The number of rotatable bonds is 3.